The summed E-state index contributed by atoms with van der Waals surface area (Å²) in [6.07, 6.45) is 0.994. The fourth-order valence-electron chi connectivity index (χ4n) is 3.21. The van der Waals surface area contributed by atoms with Gasteiger partial charge in [-0.1, -0.05) is 12.1 Å². The van der Waals surface area contributed by atoms with Gasteiger partial charge in [0.1, 0.15) is 11.6 Å². The highest BCUT2D eigenvalue weighted by atomic mass is 19.1. The molecule has 4 nitrogen and oxygen atoms in total. The van der Waals surface area contributed by atoms with Gasteiger partial charge in [-0.2, -0.15) is 0 Å². The van der Waals surface area contributed by atoms with E-state index in [0.717, 1.165) is 25.1 Å². The molecule has 2 aromatic carbocycles. The maximum atomic E-state index is 13.1. The lowest BCUT2D eigenvalue weighted by Crippen LogP contribution is -2.38. The summed E-state index contributed by atoms with van der Waals surface area (Å²) in [5, 5.41) is 13.2. The number of methoxy groups -OCH3 is 1. The zero-order valence-corrected chi connectivity index (χ0v) is 13.7. The topological polar surface area (TPSA) is 50.7 Å². The number of hydrogen-bond donors (Lipinski definition) is 2. The fraction of sp³-hybridized carbons (Fsp3) is 0.368. The summed E-state index contributed by atoms with van der Waals surface area (Å²) in [6, 6.07) is 11.8. The number of benzene rings is 2. The van der Waals surface area contributed by atoms with Crippen LogP contribution in [0.3, 0.4) is 0 Å². The van der Waals surface area contributed by atoms with Gasteiger partial charge in [-0.25, -0.2) is 4.39 Å². The largest absolute Gasteiger partial charge is 0.504 e. The van der Waals surface area contributed by atoms with Crippen LogP contribution in [0.15, 0.2) is 42.5 Å². The van der Waals surface area contributed by atoms with Crippen molar-refractivity contribution in [3.05, 3.63) is 53.8 Å². The van der Waals surface area contributed by atoms with Crippen LogP contribution in [0.25, 0.3) is 0 Å². The number of nitrogens with one attached hydrogen (secondary N) is 1. The van der Waals surface area contributed by atoms with Crippen LogP contribution < -0.4 is 14.8 Å². The number of phenols is 1. The fourth-order valence-corrected chi connectivity index (χ4v) is 3.21. The van der Waals surface area contributed by atoms with Gasteiger partial charge in [-0.05, 0) is 48.7 Å². The maximum Gasteiger partial charge on any atom is 0.161 e. The molecule has 5 heteroatoms. The molecule has 0 bridgehead atoms. The van der Waals surface area contributed by atoms with E-state index in [4.69, 9.17) is 9.47 Å². The molecule has 0 unspecified atom stereocenters. The molecule has 1 aliphatic heterocycles. The number of piperidine rings is 1. The number of ether oxygens (including phenoxy) is 2. The van der Waals surface area contributed by atoms with Gasteiger partial charge in [0, 0.05) is 18.5 Å². The van der Waals surface area contributed by atoms with Gasteiger partial charge in [0.15, 0.2) is 11.5 Å². The summed E-state index contributed by atoms with van der Waals surface area (Å²) in [7, 11) is 1.51. The van der Waals surface area contributed by atoms with Crippen LogP contribution in [-0.4, -0.2) is 31.9 Å². The van der Waals surface area contributed by atoms with Gasteiger partial charge in [0.2, 0.25) is 0 Å². The molecule has 1 aliphatic rings. The minimum absolute atomic E-state index is 0.0619. The van der Waals surface area contributed by atoms with E-state index in [0.29, 0.717) is 24.0 Å². The van der Waals surface area contributed by atoms with Crippen LogP contribution in [0, 0.1) is 11.7 Å². The zero-order valence-electron chi connectivity index (χ0n) is 13.7. The predicted molar refractivity (Wildman–Crippen MR) is 90.3 cm³/mol. The summed E-state index contributed by atoms with van der Waals surface area (Å²) < 4.78 is 24.1. The molecule has 0 spiro atoms. The van der Waals surface area contributed by atoms with Gasteiger partial charge >= 0.3 is 0 Å². The Balaban J connectivity index is 1.68. The number of hydrogen-bond acceptors (Lipinski definition) is 4. The highest BCUT2D eigenvalue weighted by Crippen LogP contribution is 2.33. The van der Waals surface area contributed by atoms with Crippen molar-refractivity contribution in [3.8, 4) is 17.2 Å². The highest BCUT2D eigenvalue weighted by molar-refractivity contribution is 5.44. The predicted octanol–water partition coefficient (Wildman–Crippen LogP) is 3.31. The number of rotatable bonds is 5. The van der Waals surface area contributed by atoms with E-state index in [-0.39, 0.29) is 17.5 Å². The first-order valence-electron chi connectivity index (χ1n) is 8.13. The Labute approximate surface area is 141 Å². The van der Waals surface area contributed by atoms with Crippen LogP contribution in [0.2, 0.25) is 0 Å². The Bertz CT molecular complexity index is 675. The lowest BCUT2D eigenvalue weighted by atomic mass is 9.81. The zero-order chi connectivity index (χ0) is 16.9. The smallest absolute Gasteiger partial charge is 0.161 e. The van der Waals surface area contributed by atoms with E-state index >= 15 is 0 Å². The first-order chi connectivity index (χ1) is 11.7. The average molecular weight is 331 g/mol. The number of phenolic OH excluding ortho intramolecular Hbond substituents is 1. The van der Waals surface area contributed by atoms with Gasteiger partial charge in [-0.15, -0.1) is 0 Å². The van der Waals surface area contributed by atoms with E-state index in [1.807, 2.05) is 12.1 Å². The Morgan fingerprint density at radius 2 is 2.00 bits per heavy atom. The second-order valence-corrected chi connectivity index (χ2v) is 6.06. The second kappa shape index (κ2) is 7.53. The van der Waals surface area contributed by atoms with E-state index in [2.05, 4.69) is 5.32 Å². The van der Waals surface area contributed by atoms with Crippen LogP contribution in [-0.2, 0) is 0 Å². The molecule has 1 fully saturated rings. The first kappa shape index (κ1) is 16.6. The van der Waals surface area contributed by atoms with Crippen LogP contribution in [0.4, 0.5) is 4.39 Å². The average Bonchev–Trinajstić information content (AvgIpc) is 2.61. The van der Waals surface area contributed by atoms with E-state index in [9.17, 15) is 9.50 Å². The van der Waals surface area contributed by atoms with Crippen molar-refractivity contribution in [1.29, 1.82) is 0 Å². The van der Waals surface area contributed by atoms with Crippen molar-refractivity contribution in [2.45, 2.75) is 12.3 Å². The SMILES string of the molecule is COc1ccc(OC[C@@H]2CNCC[C@@H]2c2ccc(F)cc2)cc1O. The maximum absolute atomic E-state index is 13.1. The summed E-state index contributed by atoms with van der Waals surface area (Å²) in [4.78, 5) is 0. The molecular weight excluding hydrogens is 309 g/mol. The molecule has 0 saturated carbocycles. The molecule has 24 heavy (non-hydrogen) atoms. The summed E-state index contributed by atoms with van der Waals surface area (Å²) in [5.41, 5.74) is 1.14. The molecule has 3 rings (SSSR count). The monoisotopic (exact) mass is 331 g/mol. The Kier molecular flexibility index (Phi) is 5.20. The van der Waals surface area contributed by atoms with Crippen molar-refractivity contribution in [1.82, 2.24) is 5.32 Å². The van der Waals surface area contributed by atoms with Crippen LogP contribution in [0.1, 0.15) is 17.9 Å². The minimum atomic E-state index is -0.214. The van der Waals surface area contributed by atoms with E-state index in [1.54, 1.807) is 18.2 Å². The lowest BCUT2D eigenvalue weighted by molar-refractivity contribution is 0.196. The van der Waals surface area contributed by atoms with Gasteiger partial charge in [0.05, 0.1) is 13.7 Å². The third-order valence-corrected chi connectivity index (χ3v) is 4.52. The van der Waals surface area contributed by atoms with Gasteiger partial charge in [0.25, 0.3) is 0 Å². The molecule has 0 amide bonds. The first-order valence-corrected chi connectivity index (χ1v) is 8.13. The summed E-state index contributed by atoms with van der Waals surface area (Å²) in [6.45, 7) is 2.33. The van der Waals surface area contributed by atoms with E-state index < -0.39 is 0 Å². The third kappa shape index (κ3) is 3.79. The Morgan fingerprint density at radius 1 is 1.21 bits per heavy atom. The highest BCUT2D eigenvalue weighted by Gasteiger charge is 2.27. The molecule has 0 radical (unpaired) electrons. The molecule has 0 aromatic heterocycles. The van der Waals surface area contributed by atoms with Crippen molar-refractivity contribution >= 4 is 0 Å². The van der Waals surface area contributed by atoms with Gasteiger partial charge in [-0.3, -0.25) is 0 Å². The molecule has 128 valence electrons. The molecule has 2 aromatic rings. The second-order valence-electron chi connectivity index (χ2n) is 6.06. The standard InChI is InChI=1S/C19H22FNO3/c1-23-19-7-6-16(10-18(19)22)24-12-14-11-21-9-8-17(14)13-2-4-15(20)5-3-13/h2-7,10,14,17,21-22H,8-9,11-12H2,1H3/t14-,17+/m0/s1. The molecule has 0 aliphatic carbocycles. The molecule has 1 saturated heterocycles. The number of aromatic hydroxyl groups is 1. The molecule has 1 heterocycles. The van der Waals surface area contributed by atoms with Crippen LogP contribution in [0.5, 0.6) is 17.2 Å². The van der Waals surface area contributed by atoms with Gasteiger partial charge < -0.3 is 19.9 Å². The quantitative estimate of drug-likeness (QED) is 0.882. The third-order valence-electron chi connectivity index (χ3n) is 4.52. The Morgan fingerprint density at radius 3 is 2.71 bits per heavy atom. The van der Waals surface area contributed by atoms with Crippen LogP contribution >= 0.6 is 0 Å². The van der Waals surface area contributed by atoms with E-state index in [1.165, 1.54) is 19.2 Å². The van der Waals surface area contributed by atoms with Crippen molar-refractivity contribution < 1.29 is 19.0 Å². The molecule has 2 atom stereocenters. The summed E-state index contributed by atoms with van der Waals surface area (Å²) in [5.74, 6) is 1.50. The van der Waals surface area contributed by atoms with Crippen molar-refractivity contribution in [2.24, 2.45) is 5.92 Å². The number of halogens is 1. The lowest BCUT2D eigenvalue weighted by Gasteiger charge is -2.32. The molecule has 2 N–H and O–H groups in total. The van der Waals surface area contributed by atoms with Crippen molar-refractivity contribution in [3.63, 3.8) is 0 Å². The van der Waals surface area contributed by atoms with Crippen molar-refractivity contribution in [2.75, 3.05) is 26.8 Å². The minimum Gasteiger partial charge on any atom is -0.504 e. The Hall–Kier alpha value is -2.27. The summed E-state index contributed by atoms with van der Waals surface area (Å²) >= 11 is 0. The molecular formula is C19H22FNO3. The normalized spacial score (nSPS) is 20.6.